The maximum Gasteiger partial charge on any atom is 0.0547 e. The van der Waals surface area contributed by atoms with Crippen molar-refractivity contribution >= 4 is 0 Å². The van der Waals surface area contributed by atoms with Gasteiger partial charge in [-0.05, 0) is 58.8 Å². The van der Waals surface area contributed by atoms with Gasteiger partial charge in [0.05, 0.1) is 11.4 Å². The Morgan fingerprint density at radius 1 is 1.17 bits per heavy atom. The third-order valence-corrected chi connectivity index (χ3v) is 3.25. The second kappa shape index (κ2) is 5.81. The smallest absolute Gasteiger partial charge is 0.0547 e. The molecule has 0 amide bonds. The van der Waals surface area contributed by atoms with Crippen LogP contribution in [-0.4, -0.2) is 28.5 Å². The van der Waals surface area contributed by atoms with Crippen molar-refractivity contribution in [1.82, 2.24) is 15.2 Å². The van der Waals surface area contributed by atoms with E-state index in [1.54, 1.807) is 0 Å². The fraction of sp³-hybridized carbons (Fsp3) is 0.667. The first-order valence-electron chi connectivity index (χ1n) is 6.95. The molecule has 3 nitrogen and oxygen atoms in total. The van der Waals surface area contributed by atoms with Crippen LogP contribution in [0.15, 0.2) is 18.2 Å². The topological polar surface area (TPSA) is 28.2 Å². The van der Waals surface area contributed by atoms with Crippen molar-refractivity contribution in [2.45, 2.75) is 52.2 Å². The summed E-state index contributed by atoms with van der Waals surface area (Å²) in [6, 6.07) is 6.36. The number of aromatic nitrogens is 1. The van der Waals surface area contributed by atoms with Gasteiger partial charge in [-0.25, -0.2) is 0 Å². The number of likely N-dealkylation sites (tertiary alicyclic amines) is 1. The summed E-state index contributed by atoms with van der Waals surface area (Å²) in [4.78, 5) is 7.22. The first-order valence-corrected chi connectivity index (χ1v) is 6.95. The Hall–Kier alpha value is -0.930. The highest BCUT2D eigenvalue weighted by Crippen LogP contribution is 2.12. The third kappa shape index (κ3) is 4.39. The van der Waals surface area contributed by atoms with Crippen LogP contribution >= 0.6 is 0 Å². The minimum atomic E-state index is 0.145. The molecule has 0 atom stereocenters. The molecule has 0 aromatic carbocycles. The molecule has 0 radical (unpaired) electrons. The van der Waals surface area contributed by atoms with Crippen molar-refractivity contribution in [3.05, 3.63) is 29.6 Å². The van der Waals surface area contributed by atoms with Gasteiger partial charge in [-0.2, -0.15) is 0 Å². The van der Waals surface area contributed by atoms with E-state index in [4.69, 9.17) is 4.98 Å². The van der Waals surface area contributed by atoms with Crippen molar-refractivity contribution in [3.63, 3.8) is 0 Å². The summed E-state index contributed by atoms with van der Waals surface area (Å²) in [6.07, 6.45) is 2.68. The summed E-state index contributed by atoms with van der Waals surface area (Å²) < 4.78 is 0. The molecule has 2 heterocycles. The van der Waals surface area contributed by atoms with Crippen LogP contribution in [-0.2, 0) is 13.1 Å². The van der Waals surface area contributed by atoms with Gasteiger partial charge >= 0.3 is 0 Å². The molecule has 0 bridgehead atoms. The molecule has 0 saturated carbocycles. The molecule has 0 spiro atoms. The third-order valence-electron chi connectivity index (χ3n) is 3.25. The molecule has 1 N–H and O–H groups in total. The number of rotatable bonds is 4. The number of hydrogen-bond donors (Lipinski definition) is 1. The zero-order chi connectivity index (χ0) is 13.0. The molecule has 1 aromatic heterocycles. The van der Waals surface area contributed by atoms with Gasteiger partial charge in [-0.1, -0.05) is 6.07 Å². The number of hydrogen-bond acceptors (Lipinski definition) is 3. The average molecular weight is 247 g/mol. The lowest BCUT2D eigenvalue weighted by Gasteiger charge is -2.20. The van der Waals surface area contributed by atoms with Crippen LogP contribution in [0, 0.1) is 0 Å². The summed E-state index contributed by atoms with van der Waals surface area (Å²) in [7, 11) is 0. The number of nitrogens with one attached hydrogen (secondary N) is 1. The molecule has 1 aliphatic rings. The van der Waals surface area contributed by atoms with Gasteiger partial charge in [-0.3, -0.25) is 9.88 Å². The Labute approximate surface area is 111 Å². The number of pyridine rings is 1. The SMILES string of the molecule is CC(C)(C)NCc1cccc(CN2CCCC2)n1. The first kappa shape index (κ1) is 13.5. The van der Waals surface area contributed by atoms with Gasteiger partial charge in [0.1, 0.15) is 0 Å². The van der Waals surface area contributed by atoms with Crippen molar-refractivity contribution in [3.8, 4) is 0 Å². The van der Waals surface area contributed by atoms with E-state index in [1.807, 2.05) is 0 Å². The number of nitrogens with zero attached hydrogens (tertiary/aromatic N) is 2. The molecular formula is C15H25N3. The van der Waals surface area contributed by atoms with E-state index >= 15 is 0 Å². The first-order chi connectivity index (χ1) is 8.53. The zero-order valence-electron chi connectivity index (χ0n) is 11.9. The Morgan fingerprint density at radius 3 is 2.50 bits per heavy atom. The van der Waals surface area contributed by atoms with Gasteiger partial charge in [0.25, 0.3) is 0 Å². The Kier molecular flexibility index (Phi) is 4.36. The van der Waals surface area contributed by atoms with Gasteiger partial charge in [-0.15, -0.1) is 0 Å². The fourth-order valence-electron chi connectivity index (χ4n) is 2.24. The van der Waals surface area contributed by atoms with Crippen molar-refractivity contribution in [1.29, 1.82) is 0 Å². The van der Waals surface area contributed by atoms with E-state index in [0.29, 0.717) is 0 Å². The van der Waals surface area contributed by atoms with E-state index in [2.05, 4.69) is 49.2 Å². The quantitative estimate of drug-likeness (QED) is 0.886. The van der Waals surface area contributed by atoms with Crippen LogP contribution in [0.1, 0.15) is 45.0 Å². The van der Waals surface area contributed by atoms with Crippen LogP contribution in [0.4, 0.5) is 0 Å². The van der Waals surface area contributed by atoms with Gasteiger partial charge in [0.2, 0.25) is 0 Å². The molecule has 1 aromatic rings. The molecule has 1 aliphatic heterocycles. The fourth-order valence-corrected chi connectivity index (χ4v) is 2.24. The Balaban J connectivity index is 1.92. The Bertz CT molecular complexity index is 376. The highest BCUT2D eigenvalue weighted by molar-refractivity contribution is 5.11. The molecule has 2 rings (SSSR count). The molecule has 3 heteroatoms. The minimum Gasteiger partial charge on any atom is -0.306 e. The van der Waals surface area contributed by atoms with Crippen LogP contribution in [0.2, 0.25) is 0 Å². The summed E-state index contributed by atoms with van der Waals surface area (Å²) in [5, 5.41) is 3.48. The molecular weight excluding hydrogens is 222 g/mol. The summed E-state index contributed by atoms with van der Waals surface area (Å²) >= 11 is 0. The van der Waals surface area contributed by atoms with Gasteiger partial charge < -0.3 is 5.32 Å². The summed E-state index contributed by atoms with van der Waals surface area (Å²) in [5.74, 6) is 0. The van der Waals surface area contributed by atoms with Crippen molar-refractivity contribution in [2.24, 2.45) is 0 Å². The van der Waals surface area contributed by atoms with E-state index in [-0.39, 0.29) is 5.54 Å². The molecule has 100 valence electrons. The lowest BCUT2D eigenvalue weighted by molar-refractivity contribution is 0.326. The average Bonchev–Trinajstić information content (AvgIpc) is 2.79. The normalized spacial score (nSPS) is 17.3. The minimum absolute atomic E-state index is 0.145. The Morgan fingerprint density at radius 2 is 1.83 bits per heavy atom. The molecule has 18 heavy (non-hydrogen) atoms. The highest BCUT2D eigenvalue weighted by Gasteiger charge is 2.13. The van der Waals surface area contributed by atoms with E-state index in [9.17, 15) is 0 Å². The predicted octanol–water partition coefficient (Wildman–Crippen LogP) is 2.57. The standard InChI is InChI=1S/C15H25N3/c1-15(2,3)16-11-13-7-6-8-14(17-13)12-18-9-4-5-10-18/h6-8,16H,4-5,9-12H2,1-3H3. The lowest BCUT2D eigenvalue weighted by atomic mass is 10.1. The molecule has 1 saturated heterocycles. The lowest BCUT2D eigenvalue weighted by Crippen LogP contribution is -2.35. The van der Waals surface area contributed by atoms with Crippen LogP contribution < -0.4 is 5.32 Å². The van der Waals surface area contributed by atoms with Gasteiger partial charge in [0, 0.05) is 18.6 Å². The summed E-state index contributed by atoms with van der Waals surface area (Å²) in [5.41, 5.74) is 2.49. The van der Waals surface area contributed by atoms with E-state index in [0.717, 1.165) is 18.8 Å². The molecule has 0 aliphatic carbocycles. The summed E-state index contributed by atoms with van der Waals surface area (Å²) in [6.45, 7) is 10.8. The highest BCUT2D eigenvalue weighted by atomic mass is 15.1. The van der Waals surface area contributed by atoms with Crippen LogP contribution in [0.25, 0.3) is 0 Å². The maximum absolute atomic E-state index is 4.74. The van der Waals surface area contributed by atoms with Crippen molar-refractivity contribution < 1.29 is 0 Å². The maximum atomic E-state index is 4.74. The second-order valence-corrected chi connectivity index (χ2v) is 6.21. The van der Waals surface area contributed by atoms with E-state index in [1.165, 1.54) is 31.6 Å². The second-order valence-electron chi connectivity index (χ2n) is 6.21. The largest absolute Gasteiger partial charge is 0.306 e. The van der Waals surface area contributed by atoms with Crippen LogP contribution in [0.5, 0.6) is 0 Å². The molecule has 0 unspecified atom stereocenters. The zero-order valence-corrected chi connectivity index (χ0v) is 11.9. The monoisotopic (exact) mass is 247 g/mol. The molecule has 1 fully saturated rings. The van der Waals surface area contributed by atoms with Crippen LogP contribution in [0.3, 0.4) is 0 Å². The predicted molar refractivity (Wildman–Crippen MR) is 75.3 cm³/mol. The van der Waals surface area contributed by atoms with Gasteiger partial charge in [0.15, 0.2) is 0 Å². The van der Waals surface area contributed by atoms with Crippen molar-refractivity contribution in [2.75, 3.05) is 13.1 Å². The van der Waals surface area contributed by atoms with E-state index < -0.39 is 0 Å².